The zero-order valence-electron chi connectivity index (χ0n) is 19.6. The van der Waals surface area contributed by atoms with Crippen molar-refractivity contribution in [3.05, 3.63) is 42.2 Å². The Morgan fingerprint density at radius 1 is 1.03 bits per heavy atom. The number of piperazine rings is 1. The van der Waals surface area contributed by atoms with Crippen LogP contribution >= 0.6 is 11.3 Å². The number of ether oxygens (including phenoxy) is 1. The van der Waals surface area contributed by atoms with Crippen molar-refractivity contribution in [3.8, 4) is 22.4 Å². The van der Waals surface area contributed by atoms with E-state index in [0.717, 1.165) is 83.4 Å². The Balaban J connectivity index is 1.15. The Hall–Kier alpha value is -2.88. The molecule has 8 nitrogen and oxygen atoms in total. The Labute approximate surface area is 208 Å². The molecule has 7 rings (SSSR count). The van der Waals surface area contributed by atoms with Crippen LogP contribution in [0.15, 0.2) is 42.2 Å². The highest BCUT2D eigenvalue weighted by Gasteiger charge is 2.34. The lowest BCUT2D eigenvalue weighted by Crippen LogP contribution is -2.52. The molecule has 2 atom stereocenters. The zero-order valence-corrected chi connectivity index (χ0v) is 20.5. The minimum Gasteiger partial charge on any atom is -0.357 e. The van der Waals surface area contributed by atoms with E-state index in [2.05, 4.69) is 56.0 Å². The fourth-order valence-corrected chi connectivity index (χ4v) is 6.23. The molecule has 35 heavy (non-hydrogen) atoms. The maximum absolute atomic E-state index is 5.90. The van der Waals surface area contributed by atoms with Crippen LogP contribution in [0.3, 0.4) is 0 Å². The smallest absolute Gasteiger partial charge is 0.151 e. The second-order valence-electron chi connectivity index (χ2n) is 9.84. The summed E-state index contributed by atoms with van der Waals surface area (Å²) in [5.41, 5.74) is 7.00. The van der Waals surface area contributed by atoms with Crippen LogP contribution < -0.4 is 10.2 Å². The molecule has 0 spiro atoms. The number of nitrogens with zero attached hydrogens (tertiary/aromatic N) is 6. The van der Waals surface area contributed by atoms with E-state index in [1.54, 1.807) is 11.3 Å². The van der Waals surface area contributed by atoms with E-state index in [0.29, 0.717) is 6.04 Å². The van der Waals surface area contributed by atoms with Crippen molar-refractivity contribution in [1.82, 2.24) is 30.3 Å². The summed E-state index contributed by atoms with van der Waals surface area (Å²) in [5, 5.41) is 17.5. The highest BCUT2D eigenvalue weighted by molar-refractivity contribution is 7.17. The van der Waals surface area contributed by atoms with Crippen molar-refractivity contribution in [2.45, 2.75) is 44.4 Å². The van der Waals surface area contributed by atoms with Gasteiger partial charge in [0.25, 0.3) is 0 Å². The summed E-state index contributed by atoms with van der Waals surface area (Å²) in [7, 11) is 0. The highest BCUT2D eigenvalue weighted by atomic mass is 32.1. The fraction of sp³-hybridized carbons (Fsp3) is 0.462. The van der Waals surface area contributed by atoms with E-state index in [-0.39, 0.29) is 6.23 Å². The Kier molecular flexibility index (Phi) is 5.48. The van der Waals surface area contributed by atoms with Crippen molar-refractivity contribution in [2.24, 2.45) is 5.92 Å². The molecule has 0 radical (unpaired) electrons. The molecular formula is C26H29N7OS. The fourth-order valence-electron chi connectivity index (χ4n) is 5.39. The first kappa shape index (κ1) is 21.4. The van der Waals surface area contributed by atoms with E-state index >= 15 is 0 Å². The molecule has 3 aliphatic rings. The second kappa shape index (κ2) is 8.96. The zero-order chi connectivity index (χ0) is 23.2. The van der Waals surface area contributed by atoms with Crippen molar-refractivity contribution in [3.63, 3.8) is 0 Å². The van der Waals surface area contributed by atoms with Crippen molar-refractivity contribution >= 4 is 27.4 Å². The van der Waals surface area contributed by atoms with E-state index in [1.165, 1.54) is 19.3 Å². The molecular weight excluding hydrogens is 458 g/mol. The Morgan fingerprint density at radius 3 is 2.80 bits per heavy atom. The maximum atomic E-state index is 5.90. The largest absolute Gasteiger partial charge is 0.357 e. The van der Waals surface area contributed by atoms with Crippen LogP contribution in [-0.2, 0) is 4.74 Å². The van der Waals surface area contributed by atoms with E-state index < -0.39 is 0 Å². The van der Waals surface area contributed by atoms with Gasteiger partial charge in [-0.1, -0.05) is 12.1 Å². The van der Waals surface area contributed by atoms with Crippen LogP contribution in [0.25, 0.3) is 32.6 Å². The molecule has 0 bridgehead atoms. The molecule has 3 aromatic heterocycles. The van der Waals surface area contributed by atoms with Gasteiger partial charge in [0.2, 0.25) is 0 Å². The quantitative estimate of drug-likeness (QED) is 0.444. The van der Waals surface area contributed by atoms with Crippen LogP contribution in [-0.4, -0.2) is 57.2 Å². The summed E-state index contributed by atoms with van der Waals surface area (Å²) >= 11 is 1.65. The minimum absolute atomic E-state index is 0.0340. The van der Waals surface area contributed by atoms with Gasteiger partial charge in [0, 0.05) is 55.2 Å². The predicted octanol–water partition coefficient (Wildman–Crippen LogP) is 4.50. The summed E-state index contributed by atoms with van der Waals surface area (Å²) in [6.45, 7) is 3.81. The normalized spacial score (nSPS) is 23.1. The highest BCUT2D eigenvalue weighted by Crippen LogP contribution is 2.38. The minimum atomic E-state index is 0.0340. The average Bonchev–Trinajstić information content (AvgIpc) is 3.45. The molecule has 4 aromatic rings. The summed E-state index contributed by atoms with van der Waals surface area (Å²) in [6.07, 6.45) is 10.1. The number of rotatable bonds is 5. The van der Waals surface area contributed by atoms with Gasteiger partial charge >= 0.3 is 0 Å². The lowest BCUT2D eigenvalue weighted by Gasteiger charge is -2.34. The Morgan fingerprint density at radius 2 is 1.97 bits per heavy atom. The van der Waals surface area contributed by atoms with Crippen LogP contribution in [0.5, 0.6) is 0 Å². The predicted molar refractivity (Wildman–Crippen MR) is 137 cm³/mol. The van der Waals surface area contributed by atoms with Gasteiger partial charge in [-0.05, 0) is 50.2 Å². The number of aromatic nitrogens is 5. The molecule has 0 amide bonds. The van der Waals surface area contributed by atoms with Gasteiger partial charge in [0.1, 0.15) is 6.23 Å². The van der Waals surface area contributed by atoms with Crippen LogP contribution in [0.2, 0.25) is 0 Å². The van der Waals surface area contributed by atoms with Crippen LogP contribution in [0.4, 0.5) is 5.82 Å². The van der Waals surface area contributed by atoms with Gasteiger partial charge in [-0.15, -0.1) is 21.5 Å². The average molecular weight is 488 g/mol. The Bertz CT molecular complexity index is 1320. The lowest BCUT2D eigenvalue weighted by atomic mass is 10.0. The molecule has 2 aliphatic heterocycles. The van der Waals surface area contributed by atoms with Crippen LogP contribution in [0.1, 0.15) is 38.3 Å². The van der Waals surface area contributed by atoms with E-state index in [9.17, 15) is 0 Å². The first-order chi connectivity index (χ1) is 17.3. The number of hydrogen-bond donors (Lipinski definition) is 1. The van der Waals surface area contributed by atoms with E-state index in [1.807, 2.05) is 16.4 Å². The van der Waals surface area contributed by atoms with E-state index in [4.69, 9.17) is 9.72 Å². The molecule has 9 heteroatoms. The standard InChI is InChI=1S/C26H29N7OS/c1-2-12-34-24(3-1)33-14-18(13-29-33)19-6-7-20(26-25(19)28-16-35-26)21-8-9-23(31-30-21)32-11-10-27-22(15-32)17-4-5-17/h6-9,13-14,16-17,22,24,27H,1-5,10-12,15H2. The van der Waals surface area contributed by atoms with Crippen LogP contribution in [0, 0.1) is 5.92 Å². The first-order valence-corrected chi connectivity index (χ1v) is 13.6. The topological polar surface area (TPSA) is 81.0 Å². The SMILES string of the molecule is c1nc2c(-c3cnn(C4CCCCO4)c3)ccc(-c3ccc(N4CCNC(C5CC5)C4)nn3)c2s1. The molecule has 1 aromatic carbocycles. The van der Waals surface area contributed by atoms with Crippen molar-refractivity contribution < 1.29 is 4.74 Å². The molecule has 2 saturated heterocycles. The number of fused-ring (bicyclic) bond motifs is 1. The van der Waals surface area contributed by atoms with Gasteiger partial charge in [0.15, 0.2) is 5.82 Å². The van der Waals surface area contributed by atoms with Gasteiger partial charge < -0.3 is 15.0 Å². The number of hydrogen-bond acceptors (Lipinski definition) is 8. The van der Waals surface area contributed by atoms with Crippen molar-refractivity contribution in [1.29, 1.82) is 0 Å². The van der Waals surface area contributed by atoms with Gasteiger partial charge in [-0.3, -0.25) is 0 Å². The number of nitrogens with one attached hydrogen (secondary N) is 1. The third kappa shape index (κ3) is 4.11. The molecule has 1 saturated carbocycles. The summed E-state index contributed by atoms with van der Waals surface area (Å²) in [5.74, 6) is 1.81. The van der Waals surface area contributed by atoms with Gasteiger partial charge in [0.05, 0.1) is 27.6 Å². The third-order valence-corrected chi connectivity index (χ3v) is 8.35. The number of benzene rings is 1. The van der Waals surface area contributed by atoms with Gasteiger partial charge in [-0.25, -0.2) is 9.67 Å². The molecule has 1 N–H and O–H groups in total. The summed E-state index contributed by atoms with van der Waals surface area (Å²) in [6, 6.07) is 9.08. The molecule has 2 unspecified atom stereocenters. The number of anilines is 1. The third-order valence-electron chi connectivity index (χ3n) is 7.49. The molecule has 1 aliphatic carbocycles. The second-order valence-corrected chi connectivity index (χ2v) is 10.7. The van der Waals surface area contributed by atoms with Gasteiger partial charge in [-0.2, -0.15) is 5.10 Å². The monoisotopic (exact) mass is 487 g/mol. The maximum Gasteiger partial charge on any atom is 0.151 e. The summed E-state index contributed by atoms with van der Waals surface area (Å²) in [4.78, 5) is 7.08. The molecule has 5 heterocycles. The first-order valence-electron chi connectivity index (χ1n) is 12.7. The lowest BCUT2D eigenvalue weighted by molar-refractivity contribution is -0.0394. The molecule has 180 valence electrons. The molecule has 3 fully saturated rings. The summed E-state index contributed by atoms with van der Waals surface area (Å²) < 4.78 is 8.98. The van der Waals surface area contributed by atoms with Crippen molar-refractivity contribution in [2.75, 3.05) is 31.1 Å². The number of thiazole rings is 1.